The van der Waals surface area contributed by atoms with Crippen molar-refractivity contribution < 1.29 is 17.6 Å². The summed E-state index contributed by atoms with van der Waals surface area (Å²) in [5.74, 6) is -1.26. The van der Waals surface area contributed by atoms with E-state index < -0.39 is 21.7 Å². The first kappa shape index (κ1) is 18.2. The molecule has 3 rings (SSSR count). The van der Waals surface area contributed by atoms with Crippen molar-refractivity contribution in [1.29, 1.82) is 0 Å². The minimum Gasteiger partial charge on any atom is -0.277 e. The fourth-order valence-corrected chi connectivity index (χ4v) is 3.83. The van der Waals surface area contributed by atoms with Gasteiger partial charge in [0.25, 0.3) is 10.0 Å². The molecule has 134 valence electrons. The van der Waals surface area contributed by atoms with E-state index in [9.17, 15) is 17.6 Å². The van der Waals surface area contributed by atoms with Gasteiger partial charge in [0, 0.05) is 10.9 Å². The van der Waals surface area contributed by atoms with E-state index in [0.717, 1.165) is 23.4 Å². The number of hydrazine groups is 1. The number of sulfonamides is 1. The fraction of sp³-hybridized carbons (Fsp3) is 0.0588. The minimum atomic E-state index is -4.05. The Balaban J connectivity index is 1.60. The van der Waals surface area contributed by atoms with Gasteiger partial charge in [-0.1, -0.05) is 36.4 Å². The Morgan fingerprint density at radius 2 is 1.88 bits per heavy atom. The van der Waals surface area contributed by atoms with Crippen LogP contribution in [-0.2, 0) is 21.2 Å². The number of nitrogens with zero attached hydrogens (tertiary/aromatic N) is 1. The van der Waals surface area contributed by atoms with E-state index in [1.54, 1.807) is 0 Å². The Morgan fingerprint density at radius 1 is 1.12 bits per heavy atom. The van der Waals surface area contributed by atoms with E-state index in [1.165, 1.54) is 23.5 Å². The van der Waals surface area contributed by atoms with E-state index in [0.29, 0.717) is 5.01 Å². The summed E-state index contributed by atoms with van der Waals surface area (Å²) >= 11 is 1.31. The molecule has 2 N–H and O–H groups in total. The number of benzene rings is 2. The van der Waals surface area contributed by atoms with Crippen molar-refractivity contribution in [3.63, 3.8) is 0 Å². The molecule has 0 atom stereocenters. The lowest BCUT2D eigenvalue weighted by Gasteiger charge is -2.07. The summed E-state index contributed by atoms with van der Waals surface area (Å²) in [5.41, 5.74) is 3.79. The molecule has 0 saturated heterocycles. The molecule has 26 heavy (non-hydrogen) atoms. The molecule has 9 heteroatoms. The molecule has 1 aromatic heterocycles. The molecular weight excluding hydrogens is 377 g/mol. The largest absolute Gasteiger partial charge is 0.277 e. The Morgan fingerprint density at radius 3 is 2.62 bits per heavy atom. The summed E-state index contributed by atoms with van der Waals surface area (Å²) in [7, 11) is -4.05. The van der Waals surface area contributed by atoms with Crippen LogP contribution in [0.2, 0.25) is 0 Å². The zero-order valence-electron chi connectivity index (χ0n) is 13.3. The summed E-state index contributed by atoms with van der Waals surface area (Å²) in [6, 6.07) is 14.0. The third kappa shape index (κ3) is 4.51. The Bertz CT molecular complexity index is 1020. The van der Waals surface area contributed by atoms with Gasteiger partial charge in [-0.15, -0.1) is 16.2 Å². The lowest BCUT2D eigenvalue weighted by Crippen LogP contribution is -2.42. The first-order chi connectivity index (χ1) is 12.4. The quantitative estimate of drug-likeness (QED) is 0.632. The van der Waals surface area contributed by atoms with Crippen molar-refractivity contribution in [2.24, 2.45) is 0 Å². The molecule has 0 aliphatic rings. The number of nitrogens with one attached hydrogen (secondary N) is 2. The second-order valence-electron chi connectivity index (χ2n) is 5.28. The van der Waals surface area contributed by atoms with Gasteiger partial charge in [0.15, 0.2) is 0 Å². The smallest absolute Gasteiger partial charge is 0.257 e. The van der Waals surface area contributed by atoms with E-state index in [-0.39, 0.29) is 11.3 Å². The highest BCUT2D eigenvalue weighted by molar-refractivity contribution is 7.89. The van der Waals surface area contributed by atoms with Gasteiger partial charge in [0.1, 0.15) is 10.8 Å². The van der Waals surface area contributed by atoms with E-state index in [1.807, 2.05) is 40.5 Å². The van der Waals surface area contributed by atoms with Crippen LogP contribution in [0.15, 0.2) is 64.9 Å². The van der Waals surface area contributed by atoms with Crippen molar-refractivity contribution in [2.45, 2.75) is 11.3 Å². The highest BCUT2D eigenvalue weighted by Crippen LogP contribution is 2.21. The Labute approximate surface area is 153 Å². The topological polar surface area (TPSA) is 88.2 Å². The van der Waals surface area contributed by atoms with Gasteiger partial charge >= 0.3 is 0 Å². The van der Waals surface area contributed by atoms with Gasteiger partial charge < -0.3 is 0 Å². The summed E-state index contributed by atoms with van der Waals surface area (Å²) < 4.78 is 37.2. The summed E-state index contributed by atoms with van der Waals surface area (Å²) in [4.78, 5) is 18.0. The molecule has 2 aromatic carbocycles. The number of amides is 1. The number of hydrogen-bond donors (Lipinski definition) is 2. The number of rotatable bonds is 6. The number of hydrogen-bond acceptors (Lipinski definition) is 5. The van der Waals surface area contributed by atoms with Gasteiger partial charge in [-0.05, 0) is 18.2 Å². The SMILES string of the molecule is O=C(Cc1nc(-c2ccccc2)cs1)NNS(=O)(=O)c1cccc(F)c1. The lowest BCUT2D eigenvalue weighted by molar-refractivity contribution is -0.120. The van der Waals surface area contributed by atoms with Gasteiger partial charge in [0.2, 0.25) is 5.91 Å². The number of halogens is 1. The summed E-state index contributed by atoms with van der Waals surface area (Å²) in [5, 5.41) is 2.38. The first-order valence-corrected chi connectivity index (χ1v) is 9.86. The third-order valence-electron chi connectivity index (χ3n) is 3.36. The van der Waals surface area contributed by atoms with Crippen LogP contribution in [0.3, 0.4) is 0 Å². The Hall–Kier alpha value is -2.62. The average molecular weight is 391 g/mol. The van der Waals surface area contributed by atoms with Crippen molar-refractivity contribution in [3.05, 3.63) is 70.8 Å². The van der Waals surface area contributed by atoms with Crippen LogP contribution < -0.4 is 10.3 Å². The van der Waals surface area contributed by atoms with Crippen molar-refractivity contribution in [2.75, 3.05) is 0 Å². The van der Waals surface area contributed by atoms with Crippen LogP contribution in [0, 0.1) is 5.82 Å². The first-order valence-electron chi connectivity index (χ1n) is 7.50. The molecule has 0 saturated carbocycles. The van der Waals surface area contributed by atoms with Crippen LogP contribution in [0.5, 0.6) is 0 Å². The Kier molecular flexibility index (Phi) is 5.40. The molecule has 1 heterocycles. The summed E-state index contributed by atoms with van der Waals surface area (Å²) in [6.45, 7) is 0. The van der Waals surface area contributed by atoms with Crippen molar-refractivity contribution in [3.8, 4) is 11.3 Å². The molecule has 0 radical (unpaired) electrons. The van der Waals surface area contributed by atoms with Crippen LogP contribution in [-0.4, -0.2) is 19.3 Å². The normalized spacial score (nSPS) is 11.3. The van der Waals surface area contributed by atoms with Gasteiger partial charge in [-0.25, -0.2) is 17.8 Å². The average Bonchev–Trinajstić information content (AvgIpc) is 3.09. The maximum Gasteiger partial charge on any atom is 0.257 e. The fourth-order valence-electron chi connectivity index (χ4n) is 2.13. The van der Waals surface area contributed by atoms with Gasteiger partial charge in [-0.2, -0.15) is 0 Å². The predicted molar refractivity (Wildman–Crippen MR) is 96.1 cm³/mol. The third-order valence-corrected chi connectivity index (χ3v) is 5.46. The molecule has 0 aliphatic heterocycles. The maximum atomic E-state index is 13.1. The van der Waals surface area contributed by atoms with Crippen LogP contribution in [0.25, 0.3) is 11.3 Å². The van der Waals surface area contributed by atoms with Gasteiger partial charge in [0.05, 0.1) is 17.0 Å². The van der Waals surface area contributed by atoms with E-state index in [4.69, 9.17) is 0 Å². The molecule has 0 fully saturated rings. The summed E-state index contributed by atoms with van der Waals surface area (Å²) in [6.07, 6.45) is -0.0802. The van der Waals surface area contributed by atoms with Crippen LogP contribution in [0.1, 0.15) is 5.01 Å². The second-order valence-corrected chi connectivity index (χ2v) is 7.91. The molecular formula is C17H14FN3O3S2. The molecule has 0 aliphatic carbocycles. The molecule has 1 amide bonds. The number of carbonyl (C=O) groups is 1. The number of thiazole rings is 1. The maximum absolute atomic E-state index is 13.1. The molecule has 0 spiro atoms. The zero-order valence-corrected chi connectivity index (χ0v) is 15.0. The van der Waals surface area contributed by atoms with Crippen molar-refractivity contribution >= 4 is 27.3 Å². The van der Waals surface area contributed by atoms with E-state index >= 15 is 0 Å². The lowest BCUT2D eigenvalue weighted by atomic mass is 10.2. The van der Waals surface area contributed by atoms with Crippen molar-refractivity contribution in [1.82, 2.24) is 15.2 Å². The second kappa shape index (κ2) is 7.73. The van der Waals surface area contributed by atoms with Crippen LogP contribution >= 0.6 is 11.3 Å². The molecule has 6 nitrogen and oxygen atoms in total. The molecule has 0 bridgehead atoms. The highest BCUT2D eigenvalue weighted by atomic mass is 32.2. The predicted octanol–water partition coefficient (Wildman–Crippen LogP) is 2.50. The van der Waals surface area contributed by atoms with Gasteiger partial charge in [-0.3, -0.25) is 10.2 Å². The standard InChI is InChI=1S/C17H14FN3O3S2/c18-13-7-4-8-14(9-13)26(23,24)21-20-16(22)10-17-19-15(11-25-17)12-5-2-1-3-6-12/h1-9,11,21H,10H2,(H,20,22). The number of carbonyl (C=O) groups excluding carboxylic acids is 1. The highest BCUT2D eigenvalue weighted by Gasteiger charge is 2.16. The van der Waals surface area contributed by atoms with E-state index in [2.05, 4.69) is 10.4 Å². The molecule has 0 unspecified atom stereocenters. The minimum absolute atomic E-state index is 0.0802. The number of aromatic nitrogens is 1. The van der Waals surface area contributed by atoms with Crippen LogP contribution in [0.4, 0.5) is 4.39 Å². The monoisotopic (exact) mass is 391 g/mol. The molecule has 3 aromatic rings. The zero-order chi connectivity index (χ0) is 18.6.